The van der Waals surface area contributed by atoms with Gasteiger partial charge < -0.3 is 4.90 Å². The molecule has 0 fully saturated rings. The highest BCUT2D eigenvalue weighted by molar-refractivity contribution is 8.03. The number of hydrogen-bond acceptors (Lipinski definition) is 8. The van der Waals surface area contributed by atoms with Crippen molar-refractivity contribution in [2.75, 3.05) is 23.7 Å². The van der Waals surface area contributed by atoms with Crippen LogP contribution in [0.15, 0.2) is 62.3 Å². The predicted molar refractivity (Wildman–Crippen MR) is 137 cm³/mol. The molecule has 0 aliphatic heterocycles. The molecule has 10 heteroatoms. The van der Waals surface area contributed by atoms with Crippen LogP contribution in [-0.2, 0) is 10.5 Å². The van der Waals surface area contributed by atoms with Crippen molar-refractivity contribution in [2.24, 2.45) is 5.10 Å². The molecule has 1 amide bonds. The van der Waals surface area contributed by atoms with E-state index in [0.29, 0.717) is 0 Å². The summed E-state index contributed by atoms with van der Waals surface area (Å²) in [5.74, 6) is 0.762. The second-order valence-electron chi connectivity index (χ2n) is 6.56. The Kier molecular flexibility index (Phi) is 9.86. The van der Waals surface area contributed by atoms with Crippen LogP contribution in [0.2, 0.25) is 5.02 Å². The maximum absolute atomic E-state index is 12.1. The van der Waals surface area contributed by atoms with Gasteiger partial charge in [-0.05, 0) is 43.2 Å². The number of halogens is 1. The predicted octanol–water partition coefficient (Wildman–Crippen LogP) is 5.57. The van der Waals surface area contributed by atoms with Crippen molar-refractivity contribution in [3.05, 3.63) is 64.7 Å². The maximum Gasteiger partial charge on any atom is 0.250 e. The van der Waals surface area contributed by atoms with Crippen LogP contribution in [0.4, 0.5) is 5.69 Å². The first kappa shape index (κ1) is 24.6. The summed E-state index contributed by atoms with van der Waals surface area (Å²) in [5.41, 5.74) is 5.72. The zero-order valence-corrected chi connectivity index (χ0v) is 21.0. The number of nitrogens with one attached hydrogen (secondary N) is 1. The lowest BCUT2D eigenvalue weighted by atomic mass is 10.2. The van der Waals surface area contributed by atoms with E-state index in [0.717, 1.165) is 43.7 Å². The van der Waals surface area contributed by atoms with E-state index in [2.05, 4.69) is 51.6 Å². The van der Waals surface area contributed by atoms with Gasteiger partial charge in [-0.25, -0.2) is 5.43 Å². The minimum Gasteiger partial charge on any atom is -0.372 e. The van der Waals surface area contributed by atoms with Crippen molar-refractivity contribution in [3.8, 4) is 0 Å². The van der Waals surface area contributed by atoms with Crippen molar-refractivity contribution in [1.29, 1.82) is 0 Å². The zero-order chi connectivity index (χ0) is 22.8. The molecule has 32 heavy (non-hydrogen) atoms. The molecule has 6 nitrogen and oxygen atoms in total. The standard InChI is InChI=1S/C22H24ClN5OS3/c1-3-28(4-2)18-11-9-16(10-12-18)13-24-25-20(29)15-31-22-27-26-21(32-22)30-14-17-7-5-6-8-19(17)23/h5-13H,3-4,14-15H2,1-2H3,(H,25,29). The molecular formula is C22H24ClN5OS3. The Morgan fingerprint density at radius 2 is 1.78 bits per heavy atom. The van der Waals surface area contributed by atoms with Crippen LogP contribution in [-0.4, -0.2) is 41.2 Å². The van der Waals surface area contributed by atoms with Gasteiger partial charge in [0.1, 0.15) is 0 Å². The molecule has 1 heterocycles. The number of amides is 1. The van der Waals surface area contributed by atoms with Crippen LogP contribution in [0, 0.1) is 0 Å². The molecule has 0 saturated heterocycles. The molecule has 1 N–H and O–H groups in total. The molecule has 0 unspecified atom stereocenters. The van der Waals surface area contributed by atoms with Gasteiger partial charge in [-0.2, -0.15) is 5.10 Å². The van der Waals surface area contributed by atoms with Gasteiger partial charge in [-0.1, -0.05) is 76.8 Å². The average Bonchev–Trinajstić information content (AvgIpc) is 3.27. The Morgan fingerprint density at radius 3 is 2.47 bits per heavy atom. The minimum absolute atomic E-state index is 0.188. The maximum atomic E-state index is 12.1. The number of nitrogens with zero attached hydrogens (tertiary/aromatic N) is 4. The van der Waals surface area contributed by atoms with Crippen molar-refractivity contribution in [3.63, 3.8) is 0 Å². The highest BCUT2D eigenvalue weighted by atomic mass is 35.5. The van der Waals surface area contributed by atoms with Crippen LogP contribution in [0.3, 0.4) is 0 Å². The second-order valence-corrected chi connectivity index (χ2v) is 10.4. The van der Waals surface area contributed by atoms with Crippen molar-refractivity contribution < 1.29 is 4.79 Å². The van der Waals surface area contributed by atoms with Gasteiger partial charge in [0.25, 0.3) is 5.91 Å². The molecule has 1 aromatic heterocycles. The number of hydrazone groups is 1. The van der Waals surface area contributed by atoms with E-state index in [4.69, 9.17) is 11.6 Å². The second kappa shape index (κ2) is 12.8. The van der Waals surface area contributed by atoms with E-state index in [1.54, 1.807) is 18.0 Å². The minimum atomic E-state index is -0.188. The third kappa shape index (κ3) is 7.51. The quantitative estimate of drug-likeness (QED) is 0.208. The van der Waals surface area contributed by atoms with Crippen LogP contribution >= 0.6 is 46.5 Å². The summed E-state index contributed by atoms with van der Waals surface area (Å²) in [4.78, 5) is 14.3. The fraction of sp³-hybridized carbons (Fsp3) is 0.273. The van der Waals surface area contributed by atoms with E-state index in [-0.39, 0.29) is 11.7 Å². The van der Waals surface area contributed by atoms with Crippen LogP contribution in [0.1, 0.15) is 25.0 Å². The summed E-state index contributed by atoms with van der Waals surface area (Å²) in [6.07, 6.45) is 1.64. The van der Waals surface area contributed by atoms with E-state index >= 15 is 0 Å². The number of hydrogen-bond donors (Lipinski definition) is 1. The number of thioether (sulfide) groups is 2. The Balaban J connectivity index is 1.41. The van der Waals surface area contributed by atoms with Gasteiger partial charge in [-0.3, -0.25) is 4.79 Å². The molecular weight excluding hydrogens is 482 g/mol. The highest BCUT2D eigenvalue weighted by Crippen LogP contribution is 2.32. The Bertz CT molecular complexity index is 1040. The van der Waals surface area contributed by atoms with Crippen LogP contribution in [0.25, 0.3) is 0 Å². The topological polar surface area (TPSA) is 70.5 Å². The van der Waals surface area contributed by atoms with Crippen LogP contribution in [0.5, 0.6) is 0 Å². The summed E-state index contributed by atoms with van der Waals surface area (Å²) in [6.45, 7) is 6.20. The molecule has 3 aromatic rings. The van der Waals surface area contributed by atoms with Gasteiger partial charge in [-0.15, -0.1) is 10.2 Å². The number of aromatic nitrogens is 2. The fourth-order valence-electron chi connectivity index (χ4n) is 2.77. The summed E-state index contributed by atoms with van der Waals surface area (Å²) in [5, 5.41) is 13.1. The van der Waals surface area contributed by atoms with E-state index in [9.17, 15) is 4.79 Å². The largest absolute Gasteiger partial charge is 0.372 e. The normalized spacial score (nSPS) is 11.1. The van der Waals surface area contributed by atoms with Gasteiger partial charge in [0.05, 0.1) is 12.0 Å². The van der Waals surface area contributed by atoms with Gasteiger partial charge in [0.2, 0.25) is 0 Å². The van der Waals surface area contributed by atoms with Gasteiger partial charge in [0, 0.05) is 29.6 Å². The number of benzene rings is 2. The molecule has 0 spiro atoms. The Labute approximate surface area is 205 Å². The summed E-state index contributed by atoms with van der Waals surface area (Å²) >= 11 is 10.6. The molecule has 0 aliphatic carbocycles. The SMILES string of the molecule is CCN(CC)c1ccc(C=NNC(=O)CSc2nnc(SCc3ccccc3Cl)s2)cc1. The van der Waals surface area contributed by atoms with E-state index in [1.165, 1.54) is 28.8 Å². The fourth-order valence-corrected chi connectivity index (χ4v) is 5.87. The first-order valence-electron chi connectivity index (χ1n) is 10.1. The van der Waals surface area contributed by atoms with Crippen molar-refractivity contribution in [1.82, 2.24) is 15.6 Å². The average molecular weight is 506 g/mol. The number of carbonyl (C=O) groups is 1. The van der Waals surface area contributed by atoms with Gasteiger partial charge >= 0.3 is 0 Å². The molecule has 3 rings (SSSR count). The summed E-state index contributed by atoms with van der Waals surface area (Å²) in [7, 11) is 0. The summed E-state index contributed by atoms with van der Waals surface area (Å²) < 4.78 is 1.59. The molecule has 2 aromatic carbocycles. The first-order chi connectivity index (χ1) is 15.6. The number of rotatable bonds is 11. The third-order valence-corrected chi connectivity index (χ3v) is 8.06. The van der Waals surface area contributed by atoms with Crippen LogP contribution < -0.4 is 10.3 Å². The molecule has 0 atom stereocenters. The highest BCUT2D eigenvalue weighted by Gasteiger charge is 2.09. The number of carbonyl (C=O) groups excluding carboxylic acids is 1. The van der Waals surface area contributed by atoms with Gasteiger partial charge in [0.15, 0.2) is 8.68 Å². The van der Waals surface area contributed by atoms with E-state index < -0.39 is 0 Å². The lowest BCUT2D eigenvalue weighted by Gasteiger charge is -2.20. The molecule has 0 radical (unpaired) electrons. The Morgan fingerprint density at radius 1 is 1.09 bits per heavy atom. The molecule has 0 bridgehead atoms. The first-order valence-corrected chi connectivity index (χ1v) is 13.2. The molecule has 168 valence electrons. The smallest absolute Gasteiger partial charge is 0.250 e. The zero-order valence-electron chi connectivity index (χ0n) is 17.8. The number of anilines is 1. The third-order valence-electron chi connectivity index (χ3n) is 4.45. The van der Waals surface area contributed by atoms with Crippen molar-refractivity contribution >= 4 is 64.3 Å². The lowest BCUT2D eigenvalue weighted by Crippen LogP contribution is -2.21. The Hall–Kier alpha value is -2.07. The lowest BCUT2D eigenvalue weighted by molar-refractivity contribution is -0.118. The van der Waals surface area contributed by atoms with E-state index in [1.807, 2.05) is 36.4 Å². The monoisotopic (exact) mass is 505 g/mol. The molecule has 0 saturated carbocycles. The molecule has 0 aliphatic rings. The summed E-state index contributed by atoms with van der Waals surface area (Å²) in [6, 6.07) is 15.8. The van der Waals surface area contributed by atoms with Crippen molar-refractivity contribution in [2.45, 2.75) is 28.3 Å².